The summed E-state index contributed by atoms with van der Waals surface area (Å²) in [5.41, 5.74) is 3.12. The van der Waals surface area contributed by atoms with Gasteiger partial charge in [0.2, 0.25) is 0 Å². The fraction of sp³-hybridized carbons (Fsp3) is 0.538. The van der Waals surface area contributed by atoms with E-state index in [0.717, 1.165) is 5.33 Å². The van der Waals surface area contributed by atoms with Gasteiger partial charge in [-0.15, -0.1) is 0 Å². The highest BCUT2D eigenvalue weighted by atomic mass is 79.9. The van der Waals surface area contributed by atoms with Gasteiger partial charge in [0, 0.05) is 5.33 Å². The first-order chi connectivity index (χ1) is 6.60. The molecule has 0 fully saturated rings. The Labute approximate surface area is 95.9 Å². The maximum Gasteiger partial charge on any atom is 0.0283 e. The van der Waals surface area contributed by atoms with Crippen LogP contribution in [0.3, 0.4) is 0 Å². The Morgan fingerprint density at radius 1 is 1.14 bits per heavy atom. The number of halogens is 1. The fourth-order valence-electron chi connectivity index (χ4n) is 1.81. The van der Waals surface area contributed by atoms with E-state index in [1.165, 1.54) is 24.0 Å². The van der Waals surface area contributed by atoms with Crippen LogP contribution in [0, 0.1) is 0 Å². The van der Waals surface area contributed by atoms with E-state index in [0.29, 0.717) is 5.41 Å². The quantitative estimate of drug-likeness (QED) is 0.686. The molecule has 0 aromatic heterocycles. The predicted octanol–water partition coefficient (Wildman–Crippen LogP) is 4.66. The van der Waals surface area contributed by atoms with Gasteiger partial charge in [0.1, 0.15) is 0 Å². The highest BCUT2D eigenvalue weighted by Gasteiger charge is 2.18. The smallest absolute Gasteiger partial charge is 0.0283 e. The molecule has 0 atom stereocenters. The minimum absolute atomic E-state index is 0.319. The van der Waals surface area contributed by atoms with E-state index in [2.05, 4.69) is 61.0 Å². The van der Waals surface area contributed by atoms with Gasteiger partial charge >= 0.3 is 0 Å². The lowest BCUT2D eigenvalue weighted by molar-refractivity contribution is 0.473. The number of hydrogen-bond donors (Lipinski definition) is 0. The summed E-state index contributed by atoms with van der Waals surface area (Å²) in [5.74, 6) is 0. The molecule has 0 unspecified atom stereocenters. The molecule has 78 valence electrons. The van der Waals surface area contributed by atoms with Crippen molar-refractivity contribution < 1.29 is 0 Å². The summed E-state index contributed by atoms with van der Waals surface area (Å²) in [6, 6.07) is 8.93. The Bertz CT molecular complexity index is 272. The lowest BCUT2D eigenvalue weighted by atomic mass is 9.80. The standard InChI is InChI=1S/C13H19Br/c1-4-9-13(2,3)12-7-5-11(10-14)6-8-12/h5-8H,4,9-10H2,1-3H3. The van der Waals surface area contributed by atoms with E-state index in [1.54, 1.807) is 0 Å². The molecule has 1 rings (SSSR count). The second-order valence-electron chi connectivity index (χ2n) is 4.46. The van der Waals surface area contributed by atoms with Crippen molar-refractivity contribution in [3.63, 3.8) is 0 Å². The largest absolute Gasteiger partial charge is 0.0876 e. The maximum absolute atomic E-state index is 3.46. The van der Waals surface area contributed by atoms with Crippen molar-refractivity contribution in [2.24, 2.45) is 0 Å². The van der Waals surface area contributed by atoms with Crippen molar-refractivity contribution in [1.29, 1.82) is 0 Å². The molecule has 0 nitrogen and oxygen atoms in total. The van der Waals surface area contributed by atoms with E-state index in [1.807, 2.05) is 0 Å². The molecule has 0 N–H and O–H groups in total. The van der Waals surface area contributed by atoms with Crippen LogP contribution in [0.1, 0.15) is 44.7 Å². The van der Waals surface area contributed by atoms with Gasteiger partial charge in [0.05, 0.1) is 0 Å². The first kappa shape index (κ1) is 11.8. The second-order valence-corrected chi connectivity index (χ2v) is 5.03. The normalized spacial score (nSPS) is 11.7. The zero-order valence-electron chi connectivity index (χ0n) is 9.31. The minimum Gasteiger partial charge on any atom is -0.0876 e. The fourth-order valence-corrected chi connectivity index (χ4v) is 2.19. The van der Waals surface area contributed by atoms with E-state index in [-0.39, 0.29) is 0 Å². The van der Waals surface area contributed by atoms with Crippen molar-refractivity contribution in [1.82, 2.24) is 0 Å². The molecular formula is C13H19Br. The third-order valence-electron chi connectivity index (χ3n) is 2.76. The van der Waals surface area contributed by atoms with Crippen LogP contribution < -0.4 is 0 Å². The molecule has 0 saturated carbocycles. The van der Waals surface area contributed by atoms with Gasteiger partial charge in [-0.25, -0.2) is 0 Å². The monoisotopic (exact) mass is 254 g/mol. The number of alkyl halides is 1. The van der Waals surface area contributed by atoms with E-state index >= 15 is 0 Å². The molecular weight excluding hydrogens is 236 g/mol. The molecule has 1 aromatic rings. The van der Waals surface area contributed by atoms with Gasteiger partial charge in [-0.2, -0.15) is 0 Å². The average Bonchev–Trinajstić information content (AvgIpc) is 2.18. The molecule has 0 bridgehead atoms. The van der Waals surface area contributed by atoms with Crippen molar-refractivity contribution in [2.75, 3.05) is 0 Å². The lowest BCUT2D eigenvalue weighted by Gasteiger charge is -2.24. The van der Waals surface area contributed by atoms with Gasteiger partial charge in [-0.3, -0.25) is 0 Å². The van der Waals surface area contributed by atoms with Crippen LogP contribution in [0.2, 0.25) is 0 Å². The van der Waals surface area contributed by atoms with Crippen molar-refractivity contribution in [3.8, 4) is 0 Å². The third kappa shape index (κ3) is 2.84. The topological polar surface area (TPSA) is 0 Å². The molecule has 0 saturated heterocycles. The van der Waals surface area contributed by atoms with E-state index < -0.39 is 0 Å². The average molecular weight is 255 g/mol. The molecule has 1 heteroatoms. The van der Waals surface area contributed by atoms with Gasteiger partial charge < -0.3 is 0 Å². The molecule has 0 aliphatic rings. The summed E-state index contributed by atoms with van der Waals surface area (Å²) in [5, 5.41) is 0.946. The summed E-state index contributed by atoms with van der Waals surface area (Å²) in [6.07, 6.45) is 2.49. The Morgan fingerprint density at radius 3 is 2.14 bits per heavy atom. The molecule has 0 heterocycles. The summed E-state index contributed by atoms with van der Waals surface area (Å²) in [4.78, 5) is 0. The van der Waals surface area contributed by atoms with Gasteiger partial charge in [-0.1, -0.05) is 67.4 Å². The van der Waals surface area contributed by atoms with Crippen LogP contribution >= 0.6 is 15.9 Å². The highest BCUT2D eigenvalue weighted by Crippen LogP contribution is 2.28. The molecule has 0 spiro atoms. The molecule has 1 aromatic carbocycles. The van der Waals surface area contributed by atoms with Crippen LogP contribution in [0.25, 0.3) is 0 Å². The van der Waals surface area contributed by atoms with Crippen LogP contribution in [-0.4, -0.2) is 0 Å². The third-order valence-corrected chi connectivity index (χ3v) is 3.41. The molecule has 0 aliphatic heterocycles. The number of rotatable bonds is 4. The Morgan fingerprint density at radius 2 is 1.71 bits per heavy atom. The Hall–Kier alpha value is -0.300. The zero-order chi connectivity index (χ0) is 10.6. The van der Waals surface area contributed by atoms with Crippen molar-refractivity contribution >= 4 is 15.9 Å². The Balaban J connectivity index is 2.85. The summed E-state index contributed by atoms with van der Waals surface area (Å²) < 4.78 is 0. The lowest BCUT2D eigenvalue weighted by Crippen LogP contribution is -2.16. The van der Waals surface area contributed by atoms with Crippen molar-refractivity contribution in [2.45, 2.75) is 44.4 Å². The van der Waals surface area contributed by atoms with Crippen LogP contribution in [0.4, 0.5) is 0 Å². The van der Waals surface area contributed by atoms with E-state index in [9.17, 15) is 0 Å². The summed E-state index contributed by atoms with van der Waals surface area (Å²) in [6.45, 7) is 6.88. The van der Waals surface area contributed by atoms with Crippen LogP contribution in [0.5, 0.6) is 0 Å². The van der Waals surface area contributed by atoms with Gasteiger partial charge in [0.15, 0.2) is 0 Å². The summed E-state index contributed by atoms with van der Waals surface area (Å²) >= 11 is 3.46. The Kier molecular flexibility index (Phi) is 4.18. The van der Waals surface area contributed by atoms with Crippen LogP contribution in [-0.2, 0) is 10.7 Å². The molecule has 0 aliphatic carbocycles. The predicted molar refractivity (Wildman–Crippen MR) is 67.0 cm³/mol. The number of hydrogen-bond acceptors (Lipinski definition) is 0. The highest BCUT2D eigenvalue weighted by molar-refractivity contribution is 9.08. The first-order valence-electron chi connectivity index (χ1n) is 5.25. The zero-order valence-corrected chi connectivity index (χ0v) is 10.9. The first-order valence-corrected chi connectivity index (χ1v) is 6.37. The molecule has 14 heavy (non-hydrogen) atoms. The molecule has 0 amide bonds. The van der Waals surface area contributed by atoms with Gasteiger partial charge in [0.25, 0.3) is 0 Å². The van der Waals surface area contributed by atoms with Crippen molar-refractivity contribution in [3.05, 3.63) is 35.4 Å². The van der Waals surface area contributed by atoms with Gasteiger partial charge in [-0.05, 0) is 23.0 Å². The molecule has 0 radical (unpaired) electrons. The van der Waals surface area contributed by atoms with Crippen LogP contribution in [0.15, 0.2) is 24.3 Å². The minimum atomic E-state index is 0.319. The van der Waals surface area contributed by atoms with E-state index in [4.69, 9.17) is 0 Å². The number of benzene rings is 1. The second kappa shape index (κ2) is 4.97. The summed E-state index contributed by atoms with van der Waals surface area (Å²) in [7, 11) is 0. The SMILES string of the molecule is CCCC(C)(C)c1ccc(CBr)cc1. The maximum atomic E-state index is 3.46.